The molecular weight excluding hydrogens is 186 g/mol. The summed E-state index contributed by atoms with van der Waals surface area (Å²) >= 11 is 0. The highest BCUT2D eigenvalue weighted by Crippen LogP contribution is 2.16. The molecule has 1 unspecified atom stereocenters. The molecule has 1 aromatic rings. The fraction of sp³-hybridized carbons (Fsp3) is 0.750. The van der Waals surface area contributed by atoms with E-state index in [2.05, 4.69) is 35.8 Å². The number of nitrogens with zero attached hydrogens (tertiary/aromatic N) is 2. The normalized spacial score (nSPS) is 13.4. The van der Waals surface area contributed by atoms with Gasteiger partial charge in [0.2, 0.25) is 0 Å². The van der Waals surface area contributed by atoms with Gasteiger partial charge in [0, 0.05) is 31.9 Å². The average Bonchev–Trinajstić information content (AvgIpc) is 2.64. The van der Waals surface area contributed by atoms with Crippen LogP contribution in [0.25, 0.3) is 0 Å². The van der Waals surface area contributed by atoms with Crippen LogP contribution in [0, 0.1) is 5.92 Å². The van der Waals surface area contributed by atoms with Crippen LogP contribution in [-0.4, -0.2) is 22.6 Å². The second-order valence-electron chi connectivity index (χ2n) is 4.13. The lowest BCUT2D eigenvalue weighted by Gasteiger charge is -2.24. The van der Waals surface area contributed by atoms with Crippen molar-refractivity contribution in [2.24, 2.45) is 13.0 Å². The van der Waals surface area contributed by atoms with Crippen LogP contribution in [0.4, 0.5) is 0 Å². The number of aromatic nitrogens is 2. The molecule has 0 aromatic carbocycles. The lowest BCUT2D eigenvalue weighted by Crippen LogP contribution is -2.35. The molecule has 1 aromatic heterocycles. The van der Waals surface area contributed by atoms with E-state index >= 15 is 0 Å². The third-order valence-electron chi connectivity index (χ3n) is 3.31. The van der Waals surface area contributed by atoms with Crippen molar-refractivity contribution < 1.29 is 0 Å². The summed E-state index contributed by atoms with van der Waals surface area (Å²) in [5, 5.41) is 3.42. The second-order valence-corrected chi connectivity index (χ2v) is 4.13. The first kappa shape index (κ1) is 12.2. The molecule has 1 rings (SSSR count). The molecule has 0 fully saturated rings. The summed E-state index contributed by atoms with van der Waals surface area (Å²) < 4.78 is 2.10. The molecule has 15 heavy (non-hydrogen) atoms. The van der Waals surface area contributed by atoms with Gasteiger partial charge in [-0.2, -0.15) is 0 Å². The monoisotopic (exact) mass is 209 g/mol. The van der Waals surface area contributed by atoms with E-state index in [1.54, 1.807) is 0 Å². The molecular formula is C12H23N3. The van der Waals surface area contributed by atoms with Crippen LogP contribution in [-0.2, 0) is 13.5 Å². The highest BCUT2D eigenvalue weighted by atomic mass is 15.0. The van der Waals surface area contributed by atoms with E-state index in [0.717, 1.165) is 12.3 Å². The summed E-state index contributed by atoms with van der Waals surface area (Å²) in [7, 11) is 4.11. The molecule has 0 bridgehead atoms. The fourth-order valence-corrected chi connectivity index (χ4v) is 2.15. The third-order valence-corrected chi connectivity index (χ3v) is 3.31. The smallest absolute Gasteiger partial charge is 0.109 e. The zero-order valence-corrected chi connectivity index (χ0v) is 10.3. The highest BCUT2D eigenvalue weighted by molar-refractivity contribution is 4.95. The van der Waals surface area contributed by atoms with Gasteiger partial charge < -0.3 is 9.88 Å². The Kier molecular flexibility index (Phi) is 4.82. The Balaban J connectivity index is 2.64. The maximum absolute atomic E-state index is 4.38. The van der Waals surface area contributed by atoms with E-state index in [1.165, 1.54) is 18.7 Å². The van der Waals surface area contributed by atoms with E-state index in [-0.39, 0.29) is 0 Å². The van der Waals surface area contributed by atoms with Crippen molar-refractivity contribution in [3.63, 3.8) is 0 Å². The van der Waals surface area contributed by atoms with Crippen LogP contribution < -0.4 is 5.32 Å². The fourth-order valence-electron chi connectivity index (χ4n) is 2.15. The molecule has 0 amide bonds. The third kappa shape index (κ3) is 3.06. The Morgan fingerprint density at radius 1 is 1.40 bits per heavy atom. The molecule has 0 spiro atoms. The van der Waals surface area contributed by atoms with E-state index in [9.17, 15) is 0 Å². The summed E-state index contributed by atoms with van der Waals surface area (Å²) in [6.07, 6.45) is 7.36. The van der Waals surface area contributed by atoms with Crippen molar-refractivity contribution in [2.75, 3.05) is 7.05 Å². The van der Waals surface area contributed by atoms with E-state index in [0.29, 0.717) is 6.04 Å². The minimum absolute atomic E-state index is 0.543. The second kappa shape index (κ2) is 5.91. The first-order chi connectivity index (χ1) is 7.22. The number of hydrogen-bond acceptors (Lipinski definition) is 2. The van der Waals surface area contributed by atoms with Gasteiger partial charge in [0.1, 0.15) is 5.82 Å². The number of hydrogen-bond donors (Lipinski definition) is 1. The topological polar surface area (TPSA) is 29.9 Å². The van der Waals surface area contributed by atoms with Gasteiger partial charge in [-0.25, -0.2) is 4.98 Å². The van der Waals surface area contributed by atoms with Crippen molar-refractivity contribution >= 4 is 0 Å². The molecule has 3 heteroatoms. The Labute approximate surface area is 92.9 Å². The van der Waals surface area contributed by atoms with Gasteiger partial charge in [-0.15, -0.1) is 0 Å². The maximum Gasteiger partial charge on any atom is 0.109 e. The minimum Gasteiger partial charge on any atom is -0.338 e. The number of rotatable bonds is 6. The van der Waals surface area contributed by atoms with Gasteiger partial charge in [-0.3, -0.25) is 0 Å². The first-order valence-electron chi connectivity index (χ1n) is 5.86. The predicted octanol–water partition coefficient (Wildman–Crippen LogP) is 1.99. The Hall–Kier alpha value is -0.830. The molecule has 0 saturated heterocycles. The predicted molar refractivity (Wildman–Crippen MR) is 63.8 cm³/mol. The van der Waals surface area contributed by atoms with Crippen molar-refractivity contribution in [3.05, 3.63) is 18.2 Å². The van der Waals surface area contributed by atoms with Gasteiger partial charge in [0.05, 0.1) is 0 Å². The van der Waals surface area contributed by atoms with E-state index in [4.69, 9.17) is 0 Å². The summed E-state index contributed by atoms with van der Waals surface area (Å²) in [5.74, 6) is 1.91. The Morgan fingerprint density at radius 3 is 2.47 bits per heavy atom. The average molecular weight is 209 g/mol. The van der Waals surface area contributed by atoms with Crippen molar-refractivity contribution in [2.45, 2.75) is 39.2 Å². The molecule has 0 aliphatic heterocycles. The molecule has 86 valence electrons. The SMILES string of the molecule is CCC(CC)C(Cc1nccn1C)NC. The first-order valence-corrected chi connectivity index (χ1v) is 5.86. The molecule has 1 atom stereocenters. The Morgan fingerprint density at radius 2 is 2.07 bits per heavy atom. The maximum atomic E-state index is 4.38. The van der Waals surface area contributed by atoms with Crippen molar-refractivity contribution in [1.82, 2.24) is 14.9 Å². The number of nitrogens with one attached hydrogen (secondary N) is 1. The lowest BCUT2D eigenvalue weighted by molar-refractivity contribution is 0.343. The van der Waals surface area contributed by atoms with Crippen LogP contribution in [0.3, 0.4) is 0 Å². The zero-order valence-electron chi connectivity index (χ0n) is 10.3. The quantitative estimate of drug-likeness (QED) is 0.776. The van der Waals surface area contributed by atoms with Gasteiger partial charge in [0.15, 0.2) is 0 Å². The van der Waals surface area contributed by atoms with Gasteiger partial charge in [0.25, 0.3) is 0 Å². The minimum atomic E-state index is 0.543. The van der Waals surface area contributed by atoms with Crippen LogP contribution in [0.1, 0.15) is 32.5 Å². The molecule has 0 saturated carbocycles. The van der Waals surface area contributed by atoms with E-state index < -0.39 is 0 Å². The summed E-state index contributed by atoms with van der Waals surface area (Å²) in [6.45, 7) is 4.52. The summed E-state index contributed by atoms with van der Waals surface area (Å²) in [5.41, 5.74) is 0. The molecule has 0 aliphatic rings. The van der Waals surface area contributed by atoms with Crippen molar-refractivity contribution in [1.29, 1.82) is 0 Å². The highest BCUT2D eigenvalue weighted by Gasteiger charge is 2.18. The summed E-state index contributed by atoms with van der Waals surface area (Å²) in [4.78, 5) is 4.38. The summed E-state index contributed by atoms with van der Waals surface area (Å²) in [6, 6.07) is 0.543. The molecule has 1 heterocycles. The lowest BCUT2D eigenvalue weighted by atomic mass is 9.92. The van der Waals surface area contributed by atoms with Crippen LogP contribution in [0.2, 0.25) is 0 Å². The molecule has 1 N–H and O–H groups in total. The number of likely N-dealkylation sites (N-methyl/N-ethyl adjacent to an activating group) is 1. The van der Waals surface area contributed by atoms with Gasteiger partial charge in [-0.05, 0) is 13.0 Å². The number of aryl methyl sites for hydroxylation is 1. The Bertz CT molecular complexity index is 276. The zero-order chi connectivity index (χ0) is 11.3. The van der Waals surface area contributed by atoms with Crippen LogP contribution in [0.15, 0.2) is 12.4 Å². The van der Waals surface area contributed by atoms with Crippen molar-refractivity contribution in [3.8, 4) is 0 Å². The van der Waals surface area contributed by atoms with Crippen LogP contribution >= 0.6 is 0 Å². The number of imidazole rings is 1. The van der Waals surface area contributed by atoms with Gasteiger partial charge >= 0.3 is 0 Å². The molecule has 0 radical (unpaired) electrons. The van der Waals surface area contributed by atoms with Gasteiger partial charge in [-0.1, -0.05) is 26.7 Å². The molecule has 3 nitrogen and oxygen atoms in total. The largest absolute Gasteiger partial charge is 0.338 e. The van der Waals surface area contributed by atoms with E-state index in [1.807, 2.05) is 19.4 Å². The van der Waals surface area contributed by atoms with Crippen LogP contribution in [0.5, 0.6) is 0 Å². The standard InChI is InChI=1S/C12H23N3/c1-5-10(6-2)11(13-3)9-12-14-7-8-15(12)4/h7-8,10-11,13H,5-6,9H2,1-4H3. The molecule has 0 aliphatic carbocycles.